The van der Waals surface area contributed by atoms with E-state index in [9.17, 15) is 13.6 Å². The highest BCUT2D eigenvalue weighted by atomic mass is 127. The molecular formula is C10H10F2INO. The minimum atomic E-state index is -0.832. The van der Waals surface area contributed by atoms with Crippen molar-refractivity contribution in [3.8, 4) is 0 Å². The third-order valence-corrected chi connectivity index (χ3v) is 2.62. The molecule has 0 saturated heterocycles. The highest BCUT2D eigenvalue weighted by Gasteiger charge is 2.14. The molecule has 82 valence electrons. The van der Waals surface area contributed by atoms with E-state index in [1.807, 2.05) is 6.92 Å². The molecule has 1 amide bonds. The lowest BCUT2D eigenvalue weighted by atomic mass is 10.2. The zero-order chi connectivity index (χ0) is 11.4. The minimum absolute atomic E-state index is 0.116. The van der Waals surface area contributed by atoms with Crippen molar-refractivity contribution in [3.63, 3.8) is 0 Å². The Balaban J connectivity index is 2.94. The van der Waals surface area contributed by atoms with Gasteiger partial charge in [0, 0.05) is 16.2 Å². The molecule has 1 aromatic rings. The smallest absolute Gasteiger partial charge is 0.254 e. The number of nitrogens with one attached hydrogen (secondary N) is 1. The summed E-state index contributed by atoms with van der Waals surface area (Å²) in [5, 5.41) is 2.53. The van der Waals surface area contributed by atoms with Crippen LogP contribution >= 0.6 is 22.6 Å². The Morgan fingerprint density at radius 1 is 1.40 bits per heavy atom. The van der Waals surface area contributed by atoms with E-state index in [1.165, 1.54) is 6.07 Å². The van der Waals surface area contributed by atoms with Crippen molar-refractivity contribution < 1.29 is 13.6 Å². The Morgan fingerprint density at radius 3 is 2.67 bits per heavy atom. The van der Waals surface area contributed by atoms with Gasteiger partial charge in [-0.2, -0.15) is 0 Å². The second-order valence-corrected chi connectivity index (χ2v) is 4.16. The summed E-state index contributed by atoms with van der Waals surface area (Å²) < 4.78 is 26.3. The highest BCUT2D eigenvalue weighted by molar-refractivity contribution is 14.1. The molecule has 0 saturated carbocycles. The van der Waals surface area contributed by atoms with Crippen LogP contribution in [-0.2, 0) is 0 Å². The van der Waals surface area contributed by atoms with Gasteiger partial charge in [-0.05, 0) is 35.1 Å². The third-order valence-electron chi connectivity index (χ3n) is 1.79. The lowest BCUT2D eigenvalue weighted by Gasteiger charge is -2.05. The van der Waals surface area contributed by atoms with Crippen molar-refractivity contribution in [1.82, 2.24) is 5.32 Å². The lowest BCUT2D eigenvalue weighted by molar-refractivity contribution is 0.0949. The summed E-state index contributed by atoms with van der Waals surface area (Å²) in [6.45, 7) is 2.37. The Morgan fingerprint density at radius 2 is 2.07 bits per heavy atom. The first-order valence-electron chi connectivity index (χ1n) is 4.49. The van der Waals surface area contributed by atoms with Crippen LogP contribution in [0.1, 0.15) is 23.7 Å². The maximum atomic E-state index is 13.2. The van der Waals surface area contributed by atoms with Crippen LogP contribution in [0.25, 0.3) is 0 Å². The molecule has 0 unspecified atom stereocenters. The quantitative estimate of drug-likeness (QED) is 0.672. The molecule has 0 aromatic heterocycles. The molecule has 2 nitrogen and oxygen atoms in total. The SMILES string of the molecule is CCCNC(=O)c1cc(I)c(F)cc1F. The fourth-order valence-corrected chi connectivity index (χ4v) is 1.50. The van der Waals surface area contributed by atoms with Crippen molar-refractivity contribution in [2.75, 3.05) is 6.54 Å². The Bertz CT molecular complexity index is 382. The molecule has 1 N–H and O–H groups in total. The molecule has 0 fully saturated rings. The van der Waals surface area contributed by atoms with Crippen LogP contribution in [0.4, 0.5) is 8.78 Å². The molecule has 0 radical (unpaired) electrons. The largest absolute Gasteiger partial charge is 0.352 e. The van der Waals surface area contributed by atoms with E-state index in [-0.39, 0.29) is 9.13 Å². The standard InChI is InChI=1S/C10H10F2INO/c1-2-3-14-10(15)6-4-9(13)8(12)5-7(6)11/h4-5H,2-3H2,1H3,(H,14,15). The van der Waals surface area contributed by atoms with Gasteiger partial charge in [0.2, 0.25) is 0 Å². The van der Waals surface area contributed by atoms with Gasteiger partial charge >= 0.3 is 0 Å². The van der Waals surface area contributed by atoms with Crippen molar-refractivity contribution in [2.45, 2.75) is 13.3 Å². The van der Waals surface area contributed by atoms with Gasteiger partial charge in [0.15, 0.2) is 0 Å². The normalized spacial score (nSPS) is 10.1. The van der Waals surface area contributed by atoms with Gasteiger partial charge in [-0.15, -0.1) is 0 Å². The summed E-state index contributed by atoms with van der Waals surface area (Å²) in [4.78, 5) is 11.4. The van der Waals surface area contributed by atoms with Crippen LogP contribution in [0.2, 0.25) is 0 Å². The molecule has 0 atom stereocenters. The topological polar surface area (TPSA) is 29.1 Å². The van der Waals surface area contributed by atoms with Crippen LogP contribution in [0.5, 0.6) is 0 Å². The average molecular weight is 325 g/mol. The predicted molar refractivity (Wildman–Crippen MR) is 61.7 cm³/mol. The van der Waals surface area contributed by atoms with Gasteiger partial charge in [0.25, 0.3) is 5.91 Å². The summed E-state index contributed by atoms with van der Waals surface area (Å²) in [7, 11) is 0. The second kappa shape index (κ2) is 5.39. The van der Waals surface area contributed by atoms with E-state index < -0.39 is 17.5 Å². The molecule has 15 heavy (non-hydrogen) atoms. The zero-order valence-corrected chi connectivity index (χ0v) is 10.3. The molecule has 0 bridgehead atoms. The lowest BCUT2D eigenvalue weighted by Crippen LogP contribution is -2.25. The maximum Gasteiger partial charge on any atom is 0.254 e. The van der Waals surface area contributed by atoms with Gasteiger partial charge in [-0.1, -0.05) is 6.92 Å². The van der Waals surface area contributed by atoms with Gasteiger partial charge in [0.05, 0.1) is 5.56 Å². The van der Waals surface area contributed by atoms with Crippen molar-refractivity contribution in [1.29, 1.82) is 0 Å². The molecule has 5 heteroatoms. The zero-order valence-electron chi connectivity index (χ0n) is 8.11. The van der Waals surface area contributed by atoms with E-state index in [0.29, 0.717) is 6.54 Å². The first-order chi connectivity index (χ1) is 7.06. The van der Waals surface area contributed by atoms with E-state index in [0.717, 1.165) is 12.5 Å². The number of rotatable bonds is 3. The molecule has 0 spiro atoms. The Kier molecular flexibility index (Phi) is 4.44. The molecule has 1 rings (SSSR count). The third kappa shape index (κ3) is 3.12. The van der Waals surface area contributed by atoms with E-state index in [4.69, 9.17) is 0 Å². The summed E-state index contributed by atoms with van der Waals surface area (Å²) >= 11 is 1.72. The summed E-state index contributed by atoms with van der Waals surface area (Å²) in [6.07, 6.45) is 0.769. The second-order valence-electron chi connectivity index (χ2n) is 3.00. The average Bonchev–Trinajstić information content (AvgIpc) is 2.20. The van der Waals surface area contributed by atoms with E-state index in [1.54, 1.807) is 22.6 Å². The summed E-state index contributed by atoms with van der Waals surface area (Å²) in [5.41, 5.74) is -0.116. The fraction of sp³-hybridized carbons (Fsp3) is 0.300. The summed E-state index contributed by atoms with van der Waals surface area (Å²) in [6, 6.07) is 1.93. The first kappa shape index (κ1) is 12.4. The van der Waals surface area contributed by atoms with Crippen LogP contribution in [-0.4, -0.2) is 12.5 Å². The number of amides is 1. The molecule has 0 heterocycles. The number of hydrogen-bond acceptors (Lipinski definition) is 1. The van der Waals surface area contributed by atoms with Crippen molar-refractivity contribution in [3.05, 3.63) is 32.9 Å². The molecule has 1 aromatic carbocycles. The molecule has 0 aliphatic rings. The van der Waals surface area contributed by atoms with Crippen molar-refractivity contribution in [2.24, 2.45) is 0 Å². The molecule has 0 aliphatic heterocycles. The van der Waals surface area contributed by atoms with Crippen LogP contribution in [0.15, 0.2) is 12.1 Å². The first-order valence-corrected chi connectivity index (χ1v) is 5.57. The Labute approximate surface area is 100 Å². The maximum absolute atomic E-state index is 13.2. The minimum Gasteiger partial charge on any atom is -0.352 e. The van der Waals surface area contributed by atoms with Gasteiger partial charge in [-0.25, -0.2) is 8.78 Å². The number of carbonyl (C=O) groups is 1. The van der Waals surface area contributed by atoms with Gasteiger partial charge < -0.3 is 5.32 Å². The number of carbonyl (C=O) groups excluding carboxylic acids is 1. The number of halogens is 3. The number of benzene rings is 1. The monoisotopic (exact) mass is 325 g/mol. The predicted octanol–water partition coefficient (Wildman–Crippen LogP) is 2.71. The Hall–Kier alpha value is -0.720. The van der Waals surface area contributed by atoms with E-state index >= 15 is 0 Å². The van der Waals surface area contributed by atoms with Crippen LogP contribution in [0.3, 0.4) is 0 Å². The van der Waals surface area contributed by atoms with Crippen LogP contribution in [0, 0.1) is 15.2 Å². The number of hydrogen-bond donors (Lipinski definition) is 1. The van der Waals surface area contributed by atoms with Gasteiger partial charge in [-0.3, -0.25) is 4.79 Å². The molecular weight excluding hydrogens is 315 g/mol. The van der Waals surface area contributed by atoms with Crippen molar-refractivity contribution >= 4 is 28.5 Å². The summed E-state index contributed by atoms with van der Waals surface area (Å²) in [5.74, 6) is -1.99. The fourth-order valence-electron chi connectivity index (χ4n) is 1.03. The van der Waals surface area contributed by atoms with Gasteiger partial charge in [0.1, 0.15) is 11.6 Å². The van der Waals surface area contributed by atoms with E-state index in [2.05, 4.69) is 5.32 Å². The van der Waals surface area contributed by atoms with Crippen LogP contribution < -0.4 is 5.32 Å². The molecule has 0 aliphatic carbocycles. The highest BCUT2D eigenvalue weighted by Crippen LogP contribution is 2.16.